The predicted octanol–water partition coefficient (Wildman–Crippen LogP) is 7.99. The summed E-state index contributed by atoms with van der Waals surface area (Å²) in [6, 6.07) is 43.7. The van der Waals surface area contributed by atoms with E-state index in [9.17, 15) is 0 Å². The fraction of sp³-hybridized carbons (Fsp3) is 0.314. The molecule has 4 aromatic rings. The van der Waals surface area contributed by atoms with E-state index in [0.717, 1.165) is 45.4 Å². The van der Waals surface area contributed by atoms with Crippen LogP contribution in [0.15, 0.2) is 121 Å². The molecule has 0 saturated heterocycles. The van der Waals surface area contributed by atoms with Gasteiger partial charge in [-0.05, 0) is 60.8 Å². The van der Waals surface area contributed by atoms with Gasteiger partial charge in [-0.25, -0.2) is 10.0 Å². The zero-order chi connectivity index (χ0) is 25.4. The lowest BCUT2D eigenvalue weighted by Crippen LogP contribution is -2.44. The van der Waals surface area contributed by atoms with Gasteiger partial charge in [0.05, 0.1) is 0 Å². The van der Waals surface area contributed by atoms with Gasteiger partial charge in [0.15, 0.2) is 0 Å². The van der Waals surface area contributed by atoms with Crippen LogP contribution in [0.3, 0.4) is 0 Å². The van der Waals surface area contributed by atoms with Crippen molar-refractivity contribution in [3.8, 4) is 0 Å². The molecular weight excluding hydrogens is 448 g/mol. The second-order valence-corrected chi connectivity index (χ2v) is 9.95. The number of nitrogens with zero attached hydrogens (tertiary/aromatic N) is 2. The molecule has 0 aliphatic carbocycles. The van der Waals surface area contributed by atoms with E-state index in [1.807, 2.05) is 0 Å². The Labute approximate surface area is 224 Å². The van der Waals surface area contributed by atoms with Crippen LogP contribution in [0.1, 0.15) is 47.9 Å². The third kappa shape index (κ3) is 9.99. The molecule has 2 nitrogen and oxygen atoms in total. The topological polar surface area (TPSA) is 6.48 Å². The van der Waals surface area contributed by atoms with E-state index in [2.05, 4.69) is 131 Å². The lowest BCUT2D eigenvalue weighted by Gasteiger charge is -2.36. The van der Waals surface area contributed by atoms with Gasteiger partial charge in [-0.3, -0.25) is 0 Å². The maximum Gasteiger partial charge on any atom is 0.0384 e. The molecule has 0 atom stereocenters. The monoisotopic (exact) mass is 490 g/mol. The summed E-state index contributed by atoms with van der Waals surface area (Å²) in [5, 5.41) is 5.27. The molecule has 0 N–H and O–H groups in total. The molecule has 0 saturated carbocycles. The minimum atomic E-state index is 0.972. The molecule has 192 valence electrons. The van der Waals surface area contributed by atoms with Gasteiger partial charge in [0.1, 0.15) is 0 Å². The van der Waals surface area contributed by atoms with Crippen LogP contribution in [-0.4, -0.2) is 29.7 Å². The number of aryl methyl sites for hydroxylation is 2. The van der Waals surface area contributed by atoms with Crippen LogP contribution in [0.25, 0.3) is 0 Å². The normalized spacial score (nSPS) is 11.3. The van der Waals surface area contributed by atoms with Crippen LogP contribution in [-0.2, 0) is 25.8 Å². The Kier molecular flexibility index (Phi) is 11.5. The third-order valence-corrected chi connectivity index (χ3v) is 7.06. The zero-order valence-corrected chi connectivity index (χ0v) is 22.2. The first kappa shape index (κ1) is 26.9. The van der Waals surface area contributed by atoms with Crippen molar-refractivity contribution in [2.75, 3.05) is 19.6 Å². The molecule has 4 aromatic carbocycles. The van der Waals surface area contributed by atoms with Crippen molar-refractivity contribution in [2.24, 2.45) is 0 Å². The quantitative estimate of drug-likeness (QED) is 0.116. The fourth-order valence-corrected chi connectivity index (χ4v) is 4.97. The average molecular weight is 491 g/mol. The Morgan fingerprint density at radius 3 is 1.30 bits per heavy atom. The van der Waals surface area contributed by atoms with E-state index >= 15 is 0 Å². The lowest BCUT2D eigenvalue weighted by atomic mass is 10.1. The molecule has 0 aliphatic rings. The Hall–Kier alpha value is -3.20. The van der Waals surface area contributed by atoms with Crippen molar-refractivity contribution >= 4 is 0 Å². The third-order valence-electron chi connectivity index (χ3n) is 7.06. The van der Waals surface area contributed by atoms with Crippen LogP contribution in [0.2, 0.25) is 0 Å². The van der Waals surface area contributed by atoms with E-state index in [0.29, 0.717) is 0 Å². The van der Waals surface area contributed by atoms with Gasteiger partial charge in [0, 0.05) is 26.2 Å². The molecule has 0 aliphatic heterocycles. The fourth-order valence-electron chi connectivity index (χ4n) is 4.97. The number of hydrogen-bond donors (Lipinski definition) is 0. The number of benzene rings is 4. The lowest BCUT2D eigenvalue weighted by molar-refractivity contribution is -0.0347. The second kappa shape index (κ2) is 15.8. The molecule has 0 unspecified atom stereocenters. The average Bonchev–Trinajstić information content (AvgIpc) is 2.96. The van der Waals surface area contributed by atoms with E-state index in [1.54, 1.807) is 0 Å². The van der Waals surface area contributed by atoms with Gasteiger partial charge in [0.25, 0.3) is 0 Å². The largest absolute Gasteiger partial charge is 0.241 e. The van der Waals surface area contributed by atoms with Crippen LogP contribution in [0, 0.1) is 0 Å². The Balaban J connectivity index is 1.39. The van der Waals surface area contributed by atoms with Crippen LogP contribution < -0.4 is 0 Å². The Morgan fingerprint density at radius 2 is 0.757 bits per heavy atom. The number of unbranched alkanes of at least 4 members (excludes halogenated alkanes) is 2. The minimum Gasteiger partial charge on any atom is -0.241 e. The molecule has 0 aromatic heterocycles. The van der Waals surface area contributed by atoms with Crippen molar-refractivity contribution in [1.29, 1.82) is 0 Å². The molecule has 37 heavy (non-hydrogen) atoms. The van der Waals surface area contributed by atoms with Crippen molar-refractivity contribution in [3.05, 3.63) is 144 Å². The maximum absolute atomic E-state index is 2.64. The van der Waals surface area contributed by atoms with Crippen molar-refractivity contribution in [1.82, 2.24) is 10.0 Å². The summed E-state index contributed by atoms with van der Waals surface area (Å²) in [6.07, 6.45) is 8.27. The van der Waals surface area contributed by atoms with Crippen LogP contribution in [0.4, 0.5) is 0 Å². The van der Waals surface area contributed by atoms with Crippen molar-refractivity contribution < 1.29 is 0 Å². The van der Waals surface area contributed by atoms with Crippen LogP contribution >= 0.6 is 0 Å². The summed E-state index contributed by atoms with van der Waals surface area (Å²) in [7, 11) is 0. The molecule has 2 heteroatoms. The van der Waals surface area contributed by atoms with E-state index in [4.69, 9.17) is 0 Å². The highest BCUT2D eigenvalue weighted by atomic mass is 15.6. The molecule has 4 rings (SSSR count). The first-order valence-electron chi connectivity index (χ1n) is 14.0. The Bertz CT molecular complexity index is 1100. The first-order valence-corrected chi connectivity index (χ1v) is 14.0. The highest BCUT2D eigenvalue weighted by Gasteiger charge is 2.16. The number of rotatable bonds is 16. The minimum absolute atomic E-state index is 0.972. The SMILES string of the molecule is c1ccc(CCCCCN(Cc2ccccc2)N(CCCc2ccccc2)CCc2ccccc2)cc1. The van der Waals surface area contributed by atoms with E-state index in [1.165, 1.54) is 47.9 Å². The number of hydrogen-bond acceptors (Lipinski definition) is 2. The van der Waals surface area contributed by atoms with Gasteiger partial charge in [-0.15, -0.1) is 0 Å². The summed E-state index contributed by atoms with van der Waals surface area (Å²) in [6.45, 7) is 4.21. The van der Waals surface area contributed by atoms with Gasteiger partial charge in [-0.1, -0.05) is 128 Å². The molecule has 0 heterocycles. The first-order chi connectivity index (χ1) is 18.4. The Morgan fingerprint density at radius 1 is 0.324 bits per heavy atom. The highest BCUT2D eigenvalue weighted by Crippen LogP contribution is 2.15. The van der Waals surface area contributed by atoms with E-state index < -0.39 is 0 Å². The summed E-state index contributed by atoms with van der Waals surface area (Å²) >= 11 is 0. The molecule has 0 amide bonds. The maximum atomic E-state index is 2.64. The molecule has 0 fully saturated rings. The van der Waals surface area contributed by atoms with E-state index in [-0.39, 0.29) is 0 Å². The summed E-state index contributed by atoms with van der Waals surface area (Å²) in [5.41, 5.74) is 5.69. The second-order valence-electron chi connectivity index (χ2n) is 9.95. The molecule has 0 bridgehead atoms. The predicted molar refractivity (Wildman–Crippen MR) is 157 cm³/mol. The summed E-state index contributed by atoms with van der Waals surface area (Å²) in [4.78, 5) is 0. The van der Waals surface area contributed by atoms with Crippen molar-refractivity contribution in [2.45, 2.75) is 51.5 Å². The molecule has 0 spiro atoms. The highest BCUT2D eigenvalue weighted by molar-refractivity contribution is 5.17. The van der Waals surface area contributed by atoms with Gasteiger partial charge >= 0.3 is 0 Å². The molecular formula is C35H42N2. The standard InChI is InChI=1S/C35H42N2/c1-6-17-32(18-7-1)21-14-5-15-28-37(31-35-24-12-4-13-25-35)36(30-27-34-22-10-3-11-23-34)29-16-26-33-19-8-2-9-20-33/h1-4,6-13,17-20,22-25H,5,14-16,21,26-31H2. The van der Waals surface area contributed by atoms with Gasteiger partial charge in [0.2, 0.25) is 0 Å². The van der Waals surface area contributed by atoms with Gasteiger partial charge in [-0.2, -0.15) is 0 Å². The smallest absolute Gasteiger partial charge is 0.0384 e. The van der Waals surface area contributed by atoms with Gasteiger partial charge < -0.3 is 0 Å². The summed E-state index contributed by atoms with van der Waals surface area (Å²) in [5.74, 6) is 0. The molecule has 0 radical (unpaired) electrons. The number of hydrazine groups is 1. The van der Waals surface area contributed by atoms with Crippen LogP contribution in [0.5, 0.6) is 0 Å². The summed E-state index contributed by atoms with van der Waals surface area (Å²) < 4.78 is 0. The van der Waals surface area contributed by atoms with Crippen molar-refractivity contribution in [3.63, 3.8) is 0 Å². The zero-order valence-electron chi connectivity index (χ0n) is 22.2.